The van der Waals surface area contributed by atoms with E-state index in [9.17, 15) is 43.2 Å². The van der Waals surface area contributed by atoms with E-state index in [1.54, 1.807) is 0 Å². The van der Waals surface area contributed by atoms with E-state index in [2.05, 4.69) is 48.5 Å². The molecule has 0 aliphatic carbocycles. The third kappa shape index (κ3) is 54.7. The fourth-order valence-electron chi connectivity index (χ4n) is 9.24. The van der Waals surface area contributed by atoms with Crippen molar-refractivity contribution in [3.63, 3.8) is 0 Å². The van der Waals surface area contributed by atoms with E-state index in [0.29, 0.717) is 31.6 Å². The van der Waals surface area contributed by atoms with Crippen molar-refractivity contribution in [3.05, 3.63) is 0 Å². The molecule has 0 amide bonds. The Morgan fingerprint density at radius 3 is 0.927 bits per heavy atom. The van der Waals surface area contributed by atoms with E-state index in [1.165, 1.54) is 109 Å². The Bertz CT molecular complexity index is 1630. The van der Waals surface area contributed by atoms with Crippen LogP contribution in [-0.4, -0.2) is 96.7 Å². The number of carbonyl (C=O) groups is 4. The van der Waals surface area contributed by atoms with Crippen molar-refractivity contribution < 1.29 is 80.2 Å². The van der Waals surface area contributed by atoms with Crippen LogP contribution in [0.25, 0.3) is 0 Å². The minimum absolute atomic E-state index is 0.102. The zero-order valence-electron chi connectivity index (χ0n) is 52.9. The molecule has 0 aliphatic heterocycles. The molecule has 486 valence electrons. The fourth-order valence-corrected chi connectivity index (χ4v) is 10.8. The molecule has 4 unspecified atom stereocenters. The van der Waals surface area contributed by atoms with Crippen LogP contribution < -0.4 is 0 Å². The molecule has 0 aromatic carbocycles. The first kappa shape index (κ1) is 80.1. The molecule has 82 heavy (non-hydrogen) atoms. The molecule has 0 aromatic rings. The highest BCUT2D eigenvalue weighted by molar-refractivity contribution is 7.47. The summed E-state index contributed by atoms with van der Waals surface area (Å²) in [6, 6.07) is 0. The van der Waals surface area contributed by atoms with Gasteiger partial charge in [0.05, 0.1) is 26.4 Å². The molecule has 0 saturated carbocycles. The van der Waals surface area contributed by atoms with E-state index in [4.69, 9.17) is 37.0 Å². The van der Waals surface area contributed by atoms with Gasteiger partial charge in [-0.2, -0.15) is 0 Å². The van der Waals surface area contributed by atoms with Crippen LogP contribution in [-0.2, 0) is 65.4 Å². The third-order valence-corrected chi connectivity index (χ3v) is 17.0. The van der Waals surface area contributed by atoms with Gasteiger partial charge >= 0.3 is 39.5 Å². The number of carbonyl (C=O) groups excluding carboxylic acids is 4. The Kier molecular flexibility index (Phi) is 53.2. The van der Waals surface area contributed by atoms with Crippen molar-refractivity contribution in [1.29, 1.82) is 0 Å². The number of ether oxygens (including phenoxy) is 4. The van der Waals surface area contributed by atoms with Crippen LogP contribution in [0.5, 0.6) is 0 Å². The van der Waals surface area contributed by atoms with Gasteiger partial charge in [0.2, 0.25) is 0 Å². The zero-order valence-corrected chi connectivity index (χ0v) is 54.7. The van der Waals surface area contributed by atoms with E-state index < -0.39 is 97.5 Å². The predicted octanol–water partition coefficient (Wildman–Crippen LogP) is 17.1. The van der Waals surface area contributed by atoms with E-state index >= 15 is 0 Å². The molecule has 0 fully saturated rings. The SMILES string of the molecule is CCCCCCCCCCCCC(=O)OC[C@H](COP(=O)(O)OC[C@H](O)COP(=O)(O)OC[C@@H](COC(=O)CCCCCCCCCC(C)C)OC(=O)CCCCCCCCCCC(C)CC)OC(=O)CCCCCCCCC(C)CC. The molecular weight excluding hydrogens is 1090 g/mol. The normalized spacial score (nSPS) is 15.1. The topological polar surface area (TPSA) is 237 Å². The van der Waals surface area contributed by atoms with Crippen molar-refractivity contribution in [2.75, 3.05) is 39.6 Å². The second-order valence-electron chi connectivity index (χ2n) is 23.8. The van der Waals surface area contributed by atoms with Gasteiger partial charge in [-0.25, -0.2) is 9.13 Å². The number of phosphoric ester groups is 2. The number of hydrogen-bond acceptors (Lipinski definition) is 15. The lowest BCUT2D eigenvalue weighted by atomic mass is 9.99. The van der Waals surface area contributed by atoms with Crippen LogP contribution in [0, 0.1) is 17.8 Å². The van der Waals surface area contributed by atoms with E-state index in [1.807, 2.05) is 0 Å². The highest BCUT2D eigenvalue weighted by Gasteiger charge is 2.30. The fraction of sp³-hybridized carbons (Fsp3) is 0.937. The molecule has 0 aromatic heterocycles. The summed E-state index contributed by atoms with van der Waals surface area (Å²) in [6.07, 6.45) is 34.8. The molecule has 0 saturated heterocycles. The van der Waals surface area contributed by atoms with Gasteiger partial charge in [-0.15, -0.1) is 0 Å². The van der Waals surface area contributed by atoms with Crippen molar-refractivity contribution in [1.82, 2.24) is 0 Å². The maximum absolute atomic E-state index is 13.0. The summed E-state index contributed by atoms with van der Waals surface area (Å²) in [7, 11) is -9.89. The monoisotopic (exact) mass is 1210 g/mol. The number of esters is 4. The second kappa shape index (κ2) is 54.5. The predicted molar refractivity (Wildman–Crippen MR) is 326 cm³/mol. The Morgan fingerprint density at radius 2 is 0.622 bits per heavy atom. The first-order valence-corrected chi connectivity index (χ1v) is 35.9. The number of phosphoric acid groups is 2. The Morgan fingerprint density at radius 1 is 0.354 bits per heavy atom. The Hall–Kier alpha value is -1.94. The average Bonchev–Trinajstić information content (AvgIpc) is 3.45. The standard InChI is InChI=1S/C63H122O17P2/c1-8-11-12-13-14-15-16-22-30-37-44-60(65)73-51-59(80-63(68)47-40-33-26-25-29-36-43-56(7)10-3)53-78-82(71,72)76-49-57(64)48-75-81(69,70)77-52-58(50-74-61(66)45-38-31-24-19-20-27-34-41-54(4)5)79-62(67)46-39-32-23-18-17-21-28-35-42-55(6)9-2/h54-59,64H,8-53H2,1-7H3,(H,69,70)(H,71,72)/t55?,56?,57-,58-,59-/m1/s1. The van der Waals surface area contributed by atoms with Crippen LogP contribution in [0.1, 0.15) is 305 Å². The van der Waals surface area contributed by atoms with Crippen LogP contribution in [0.2, 0.25) is 0 Å². The number of aliphatic hydroxyl groups is 1. The van der Waals surface area contributed by atoms with Crippen molar-refractivity contribution in [2.24, 2.45) is 17.8 Å². The Balaban J connectivity index is 5.26. The number of rotatable bonds is 61. The van der Waals surface area contributed by atoms with Gasteiger partial charge in [0.1, 0.15) is 19.3 Å². The molecule has 0 bridgehead atoms. The molecule has 0 spiro atoms. The van der Waals surface area contributed by atoms with E-state index in [-0.39, 0.29) is 25.7 Å². The van der Waals surface area contributed by atoms with Crippen molar-refractivity contribution in [3.8, 4) is 0 Å². The largest absolute Gasteiger partial charge is 0.472 e. The average molecular weight is 1210 g/mol. The summed E-state index contributed by atoms with van der Waals surface area (Å²) in [5.74, 6) is 0.0534. The quantitative estimate of drug-likeness (QED) is 0.0222. The van der Waals surface area contributed by atoms with Crippen LogP contribution in [0.3, 0.4) is 0 Å². The van der Waals surface area contributed by atoms with Gasteiger partial charge in [-0.3, -0.25) is 37.3 Å². The summed E-state index contributed by atoms with van der Waals surface area (Å²) < 4.78 is 67.9. The number of hydrogen-bond donors (Lipinski definition) is 3. The van der Waals surface area contributed by atoms with Crippen molar-refractivity contribution in [2.45, 2.75) is 324 Å². The minimum atomic E-state index is -4.94. The number of aliphatic hydroxyl groups excluding tert-OH is 1. The molecule has 0 radical (unpaired) electrons. The molecule has 0 rings (SSSR count). The number of unbranched alkanes of at least 4 members (excludes halogenated alkanes) is 27. The van der Waals surface area contributed by atoms with Gasteiger partial charge in [-0.05, 0) is 43.4 Å². The zero-order chi connectivity index (χ0) is 61.0. The second-order valence-corrected chi connectivity index (χ2v) is 26.7. The van der Waals surface area contributed by atoms with Gasteiger partial charge in [-0.1, -0.05) is 254 Å². The maximum Gasteiger partial charge on any atom is 0.472 e. The highest BCUT2D eigenvalue weighted by atomic mass is 31.2. The summed E-state index contributed by atoms with van der Waals surface area (Å²) in [5, 5.41) is 10.5. The smallest absolute Gasteiger partial charge is 0.462 e. The third-order valence-electron chi connectivity index (χ3n) is 15.1. The van der Waals surface area contributed by atoms with Crippen molar-refractivity contribution >= 4 is 39.5 Å². The summed E-state index contributed by atoms with van der Waals surface area (Å²) >= 11 is 0. The lowest BCUT2D eigenvalue weighted by Gasteiger charge is -2.21. The van der Waals surface area contributed by atoms with Crippen LogP contribution in [0.15, 0.2) is 0 Å². The molecular formula is C63H122O17P2. The summed E-state index contributed by atoms with van der Waals surface area (Å²) in [6.45, 7) is 11.7. The Labute approximate surface area is 498 Å². The minimum Gasteiger partial charge on any atom is -0.462 e. The first-order valence-electron chi connectivity index (χ1n) is 32.9. The summed E-state index contributed by atoms with van der Waals surface area (Å²) in [5.41, 5.74) is 0. The van der Waals surface area contributed by atoms with E-state index in [0.717, 1.165) is 108 Å². The van der Waals surface area contributed by atoms with Gasteiger partial charge in [0, 0.05) is 25.7 Å². The first-order chi connectivity index (χ1) is 39.3. The maximum atomic E-state index is 13.0. The molecule has 7 atom stereocenters. The molecule has 0 aliphatic rings. The molecule has 0 heterocycles. The molecule has 17 nitrogen and oxygen atoms in total. The van der Waals surface area contributed by atoms with Gasteiger partial charge < -0.3 is 33.8 Å². The van der Waals surface area contributed by atoms with Gasteiger partial charge in [0.15, 0.2) is 12.2 Å². The molecule has 19 heteroatoms. The lowest BCUT2D eigenvalue weighted by Crippen LogP contribution is -2.30. The highest BCUT2D eigenvalue weighted by Crippen LogP contribution is 2.45. The lowest BCUT2D eigenvalue weighted by molar-refractivity contribution is -0.161. The van der Waals surface area contributed by atoms with Gasteiger partial charge in [0.25, 0.3) is 0 Å². The van der Waals surface area contributed by atoms with Crippen LogP contribution >= 0.6 is 15.6 Å². The summed E-state index contributed by atoms with van der Waals surface area (Å²) in [4.78, 5) is 72.1. The van der Waals surface area contributed by atoms with Crippen LogP contribution in [0.4, 0.5) is 0 Å². The molecule has 3 N–H and O–H groups in total.